The number of carboxylic acid groups (broad SMARTS) is 1. The lowest BCUT2D eigenvalue weighted by Crippen LogP contribution is -2.11. The Morgan fingerprint density at radius 1 is 1.11 bits per heavy atom. The first kappa shape index (κ1) is 26.3. The van der Waals surface area contributed by atoms with Gasteiger partial charge in [0.05, 0.1) is 23.1 Å². The monoisotopic (exact) mass is 554 g/mol. The van der Waals surface area contributed by atoms with Crippen LogP contribution in [0.5, 0.6) is 17.4 Å². The Balaban J connectivity index is 1.65. The van der Waals surface area contributed by atoms with Crippen molar-refractivity contribution in [3.8, 4) is 17.4 Å². The average molecular weight is 555 g/mol. The molecule has 4 rings (SSSR count). The van der Waals surface area contributed by atoms with Gasteiger partial charge in [-0.1, -0.05) is 11.6 Å². The van der Waals surface area contributed by atoms with Crippen LogP contribution in [0.1, 0.15) is 17.5 Å². The Morgan fingerprint density at radius 2 is 1.78 bits per heavy atom. The molecule has 0 radical (unpaired) electrons. The fourth-order valence-corrected chi connectivity index (χ4v) is 5.17. The van der Waals surface area contributed by atoms with E-state index < -0.39 is 27.7 Å². The number of hydrogen-bond donors (Lipinski definition) is 1. The minimum atomic E-state index is -4.62. The molecule has 2 aromatic carbocycles. The first-order valence-electron chi connectivity index (χ1n) is 10.6. The van der Waals surface area contributed by atoms with E-state index in [1.807, 2.05) is 0 Å². The maximum atomic E-state index is 13.4. The van der Waals surface area contributed by atoms with Gasteiger partial charge >= 0.3 is 12.1 Å². The molecule has 2 heterocycles. The summed E-state index contributed by atoms with van der Waals surface area (Å²) < 4.78 is 77.0. The number of benzene rings is 2. The zero-order valence-corrected chi connectivity index (χ0v) is 20.6. The highest BCUT2D eigenvalue weighted by atomic mass is 35.5. The van der Waals surface area contributed by atoms with Crippen LogP contribution < -0.4 is 9.47 Å². The van der Waals surface area contributed by atoms with Crippen molar-refractivity contribution in [2.24, 2.45) is 0 Å². The standard InChI is InChI=1S/C24H18ClF3N2O6S/c1-35-17-5-8-21-19(11-17)14(2-9-22(31)32)13-30(21)37(33,34)18-6-3-16(4-7-18)36-23-20(25)10-15(12-29-23)24(26,27)28/h3-8,10-13H,2,9H2,1H3,(H,31,32). The highest BCUT2D eigenvalue weighted by molar-refractivity contribution is 7.90. The molecule has 4 aromatic rings. The molecule has 13 heteroatoms. The van der Waals surface area contributed by atoms with E-state index in [9.17, 15) is 26.4 Å². The molecule has 2 aromatic heterocycles. The lowest BCUT2D eigenvalue weighted by atomic mass is 10.1. The van der Waals surface area contributed by atoms with Gasteiger partial charge in [0.2, 0.25) is 5.88 Å². The number of pyridine rings is 1. The second-order valence-electron chi connectivity index (χ2n) is 7.81. The quantitative estimate of drug-likeness (QED) is 0.295. The topological polar surface area (TPSA) is 108 Å². The summed E-state index contributed by atoms with van der Waals surface area (Å²) in [7, 11) is -2.66. The van der Waals surface area contributed by atoms with E-state index in [1.54, 1.807) is 18.2 Å². The molecule has 0 bridgehead atoms. The molecule has 0 amide bonds. The van der Waals surface area contributed by atoms with Gasteiger partial charge in [-0.25, -0.2) is 17.4 Å². The van der Waals surface area contributed by atoms with Gasteiger partial charge in [-0.2, -0.15) is 13.2 Å². The van der Waals surface area contributed by atoms with Crippen molar-refractivity contribution >= 4 is 38.5 Å². The summed E-state index contributed by atoms with van der Waals surface area (Å²) in [6, 6.07) is 10.6. The van der Waals surface area contributed by atoms with Crippen molar-refractivity contribution in [3.63, 3.8) is 0 Å². The zero-order chi connectivity index (χ0) is 27.0. The highest BCUT2D eigenvalue weighted by Crippen LogP contribution is 2.35. The molecule has 1 N–H and O–H groups in total. The number of aliphatic carboxylic acids is 1. The second kappa shape index (κ2) is 9.94. The van der Waals surface area contributed by atoms with E-state index in [4.69, 9.17) is 26.2 Å². The van der Waals surface area contributed by atoms with Crippen LogP contribution >= 0.6 is 11.6 Å². The molecule has 0 saturated carbocycles. The number of methoxy groups -OCH3 is 1. The number of ether oxygens (including phenoxy) is 2. The number of halogens is 4. The van der Waals surface area contributed by atoms with E-state index in [0.717, 1.165) is 3.97 Å². The molecule has 0 aliphatic carbocycles. The number of alkyl halides is 3. The molecule has 0 unspecified atom stereocenters. The maximum Gasteiger partial charge on any atom is 0.417 e. The summed E-state index contributed by atoms with van der Waals surface area (Å²) in [6.45, 7) is 0. The lowest BCUT2D eigenvalue weighted by Gasteiger charge is -2.11. The van der Waals surface area contributed by atoms with Crippen molar-refractivity contribution in [3.05, 3.63) is 77.1 Å². The summed E-state index contributed by atoms with van der Waals surface area (Å²) in [4.78, 5) is 14.6. The van der Waals surface area contributed by atoms with Crippen molar-refractivity contribution in [2.45, 2.75) is 23.9 Å². The molecule has 0 aliphatic heterocycles. The van der Waals surface area contributed by atoms with Crippen LogP contribution in [-0.4, -0.2) is 35.6 Å². The van der Waals surface area contributed by atoms with Crippen LogP contribution in [0.25, 0.3) is 10.9 Å². The zero-order valence-electron chi connectivity index (χ0n) is 19.0. The Labute approximate surface area is 213 Å². The van der Waals surface area contributed by atoms with E-state index in [1.165, 1.54) is 37.6 Å². The summed E-state index contributed by atoms with van der Waals surface area (Å²) in [5.41, 5.74) is -0.185. The second-order valence-corrected chi connectivity index (χ2v) is 10.0. The van der Waals surface area contributed by atoms with Crippen LogP contribution in [-0.2, 0) is 27.4 Å². The van der Waals surface area contributed by atoms with Crippen LogP contribution in [0.2, 0.25) is 5.02 Å². The molecule has 0 saturated heterocycles. The summed E-state index contributed by atoms with van der Waals surface area (Å²) >= 11 is 5.86. The third-order valence-electron chi connectivity index (χ3n) is 5.40. The fraction of sp³-hybridized carbons (Fsp3) is 0.167. The van der Waals surface area contributed by atoms with Crippen LogP contribution in [0, 0.1) is 0 Å². The minimum Gasteiger partial charge on any atom is -0.497 e. The van der Waals surface area contributed by atoms with Gasteiger partial charge in [0.25, 0.3) is 10.0 Å². The van der Waals surface area contributed by atoms with Gasteiger partial charge in [0.1, 0.15) is 16.5 Å². The number of carboxylic acids is 1. The summed E-state index contributed by atoms with van der Waals surface area (Å²) in [5, 5.41) is 9.23. The van der Waals surface area contributed by atoms with Crippen LogP contribution in [0.4, 0.5) is 13.2 Å². The minimum absolute atomic E-state index is 0.0948. The van der Waals surface area contributed by atoms with Crippen molar-refractivity contribution in [2.75, 3.05) is 7.11 Å². The summed E-state index contributed by atoms with van der Waals surface area (Å²) in [5.74, 6) is -0.725. The van der Waals surface area contributed by atoms with Crippen molar-refractivity contribution < 1.29 is 41.0 Å². The predicted molar refractivity (Wildman–Crippen MR) is 128 cm³/mol. The molecular formula is C24H18ClF3N2O6S. The summed E-state index contributed by atoms with van der Waals surface area (Å²) in [6.07, 6.45) is -2.75. The third kappa shape index (κ3) is 5.49. The first-order valence-corrected chi connectivity index (χ1v) is 12.4. The maximum absolute atomic E-state index is 13.4. The fourth-order valence-electron chi connectivity index (χ4n) is 3.57. The van der Waals surface area contributed by atoms with E-state index in [-0.39, 0.29) is 34.4 Å². The van der Waals surface area contributed by atoms with Gasteiger partial charge in [-0.15, -0.1) is 0 Å². The number of hydrogen-bond acceptors (Lipinski definition) is 6. The van der Waals surface area contributed by atoms with E-state index >= 15 is 0 Å². The van der Waals surface area contributed by atoms with Crippen molar-refractivity contribution in [1.82, 2.24) is 8.96 Å². The SMILES string of the molecule is COc1ccc2c(c1)c(CCC(=O)O)cn2S(=O)(=O)c1ccc(Oc2ncc(C(F)(F)F)cc2Cl)cc1. The van der Waals surface area contributed by atoms with Gasteiger partial charge < -0.3 is 14.6 Å². The van der Waals surface area contributed by atoms with E-state index in [0.29, 0.717) is 34.5 Å². The third-order valence-corrected chi connectivity index (χ3v) is 7.36. The predicted octanol–water partition coefficient (Wildman–Crippen LogP) is 5.76. The lowest BCUT2D eigenvalue weighted by molar-refractivity contribution is -0.138. The van der Waals surface area contributed by atoms with Gasteiger partial charge in [0.15, 0.2) is 0 Å². The smallest absolute Gasteiger partial charge is 0.417 e. The molecule has 8 nitrogen and oxygen atoms in total. The van der Waals surface area contributed by atoms with Crippen LogP contribution in [0.15, 0.2) is 65.8 Å². The molecule has 0 atom stereocenters. The highest BCUT2D eigenvalue weighted by Gasteiger charge is 2.32. The number of nitrogens with zero attached hydrogens (tertiary/aromatic N) is 2. The molecule has 0 spiro atoms. The molecule has 37 heavy (non-hydrogen) atoms. The molecular weight excluding hydrogens is 537 g/mol. The molecule has 194 valence electrons. The largest absolute Gasteiger partial charge is 0.497 e. The number of fused-ring (bicyclic) bond motifs is 1. The number of aryl methyl sites for hydroxylation is 1. The number of aromatic nitrogens is 2. The molecule has 0 fully saturated rings. The Hall–Kier alpha value is -3.77. The van der Waals surface area contributed by atoms with Gasteiger partial charge in [0, 0.05) is 24.2 Å². The van der Waals surface area contributed by atoms with Gasteiger partial charge in [-0.3, -0.25) is 4.79 Å². The first-order chi connectivity index (χ1) is 17.4. The van der Waals surface area contributed by atoms with Crippen molar-refractivity contribution in [1.29, 1.82) is 0 Å². The van der Waals surface area contributed by atoms with E-state index in [2.05, 4.69) is 4.98 Å². The number of carbonyl (C=O) groups is 1. The Bertz CT molecular complexity index is 1580. The average Bonchev–Trinajstić information content (AvgIpc) is 3.22. The Morgan fingerprint density at radius 3 is 2.38 bits per heavy atom. The van der Waals surface area contributed by atoms with Crippen LogP contribution in [0.3, 0.4) is 0 Å². The Kier molecular flexibility index (Phi) is 7.07. The normalized spacial score (nSPS) is 12.0. The number of rotatable bonds is 8. The van der Waals surface area contributed by atoms with Gasteiger partial charge in [-0.05, 0) is 60.5 Å². The molecule has 0 aliphatic rings.